The highest BCUT2D eigenvalue weighted by molar-refractivity contribution is 6.27. The molecule has 3 heterocycles. The van der Waals surface area contributed by atoms with E-state index in [1.165, 1.54) is 0 Å². The van der Waals surface area contributed by atoms with Crippen LogP contribution >= 0.6 is 0 Å². The van der Waals surface area contributed by atoms with Gasteiger partial charge in [0.1, 0.15) is 22.3 Å². The van der Waals surface area contributed by atoms with Gasteiger partial charge in [-0.15, -0.1) is 0 Å². The van der Waals surface area contributed by atoms with Crippen molar-refractivity contribution in [3.05, 3.63) is 182 Å². The molecular formula is C48H30N2O2. The number of furan rings is 2. The minimum absolute atomic E-state index is 0.883. The van der Waals surface area contributed by atoms with Gasteiger partial charge in [0.25, 0.3) is 0 Å². The molecule has 0 saturated heterocycles. The van der Waals surface area contributed by atoms with Crippen molar-refractivity contribution in [2.75, 3.05) is 4.90 Å². The molecule has 244 valence electrons. The van der Waals surface area contributed by atoms with Gasteiger partial charge in [-0.1, -0.05) is 97.1 Å². The molecule has 11 aromatic rings. The van der Waals surface area contributed by atoms with E-state index in [-0.39, 0.29) is 0 Å². The molecule has 0 unspecified atom stereocenters. The Bertz CT molecular complexity index is 3080. The van der Waals surface area contributed by atoms with Crippen LogP contribution in [-0.2, 0) is 0 Å². The Morgan fingerprint density at radius 3 is 1.67 bits per heavy atom. The second-order valence-electron chi connectivity index (χ2n) is 13.3. The maximum Gasteiger partial charge on any atom is 0.145 e. The lowest BCUT2D eigenvalue weighted by Crippen LogP contribution is -2.09. The zero-order chi connectivity index (χ0) is 34.2. The van der Waals surface area contributed by atoms with Crippen LogP contribution in [0.3, 0.4) is 0 Å². The molecule has 0 saturated carbocycles. The van der Waals surface area contributed by atoms with Gasteiger partial charge in [-0.25, -0.2) is 0 Å². The molecule has 0 aliphatic heterocycles. The van der Waals surface area contributed by atoms with Crippen molar-refractivity contribution < 1.29 is 8.83 Å². The smallest absolute Gasteiger partial charge is 0.145 e. The summed E-state index contributed by atoms with van der Waals surface area (Å²) in [7, 11) is 0. The van der Waals surface area contributed by atoms with Crippen LogP contribution in [0.4, 0.5) is 17.1 Å². The molecule has 4 heteroatoms. The summed E-state index contributed by atoms with van der Waals surface area (Å²) >= 11 is 0. The number of aromatic nitrogens is 1. The number of fused-ring (bicyclic) bond motifs is 10. The first kappa shape index (κ1) is 28.8. The third kappa shape index (κ3) is 4.28. The van der Waals surface area contributed by atoms with E-state index in [0.29, 0.717) is 0 Å². The largest absolute Gasteiger partial charge is 0.456 e. The van der Waals surface area contributed by atoms with Gasteiger partial charge >= 0.3 is 0 Å². The minimum Gasteiger partial charge on any atom is -0.456 e. The second-order valence-corrected chi connectivity index (χ2v) is 13.3. The first-order valence-corrected chi connectivity index (χ1v) is 17.6. The van der Waals surface area contributed by atoms with E-state index in [1.807, 2.05) is 18.2 Å². The summed E-state index contributed by atoms with van der Waals surface area (Å²) in [4.78, 5) is 2.30. The molecule has 0 bridgehead atoms. The average molecular weight is 667 g/mol. The fraction of sp³-hybridized carbons (Fsp3) is 0. The molecule has 11 rings (SSSR count). The summed E-state index contributed by atoms with van der Waals surface area (Å²) in [5.74, 6) is 0. The Morgan fingerprint density at radius 1 is 0.404 bits per heavy atom. The summed E-state index contributed by atoms with van der Waals surface area (Å²) < 4.78 is 15.4. The number of rotatable bonds is 5. The predicted octanol–water partition coefficient (Wildman–Crippen LogP) is 13.7. The van der Waals surface area contributed by atoms with E-state index in [9.17, 15) is 0 Å². The first-order chi connectivity index (χ1) is 25.8. The normalized spacial score (nSPS) is 11.8. The zero-order valence-corrected chi connectivity index (χ0v) is 28.0. The van der Waals surface area contributed by atoms with Crippen LogP contribution in [0.1, 0.15) is 0 Å². The molecule has 0 N–H and O–H groups in total. The van der Waals surface area contributed by atoms with Crippen molar-refractivity contribution in [1.82, 2.24) is 4.57 Å². The highest BCUT2D eigenvalue weighted by Crippen LogP contribution is 2.46. The third-order valence-electron chi connectivity index (χ3n) is 10.4. The number of nitrogens with zero attached hydrogens (tertiary/aromatic N) is 2. The summed E-state index contributed by atoms with van der Waals surface area (Å²) in [5.41, 5.74) is 12.4. The number of anilines is 3. The zero-order valence-electron chi connectivity index (χ0n) is 28.0. The van der Waals surface area contributed by atoms with Gasteiger partial charge < -0.3 is 18.3 Å². The Morgan fingerprint density at radius 2 is 0.962 bits per heavy atom. The SMILES string of the molecule is c1ccc(N(c2ccccc2)c2ccc(-n3c4ccccc4c4c5oc6ccccc6c5cc(-c5ccc6oc7ccccc7c6c5)c43)cc2)cc1. The number of para-hydroxylation sites is 5. The van der Waals surface area contributed by atoms with Crippen molar-refractivity contribution in [3.63, 3.8) is 0 Å². The predicted molar refractivity (Wildman–Crippen MR) is 215 cm³/mol. The van der Waals surface area contributed by atoms with Gasteiger partial charge in [0, 0.05) is 55.2 Å². The van der Waals surface area contributed by atoms with Gasteiger partial charge in [-0.3, -0.25) is 0 Å². The summed E-state index contributed by atoms with van der Waals surface area (Å²) in [5, 5.41) is 6.69. The van der Waals surface area contributed by atoms with Crippen molar-refractivity contribution in [2.24, 2.45) is 0 Å². The van der Waals surface area contributed by atoms with Crippen LogP contribution in [0.2, 0.25) is 0 Å². The third-order valence-corrected chi connectivity index (χ3v) is 10.4. The summed E-state index contributed by atoms with van der Waals surface area (Å²) in [6.45, 7) is 0. The Labute approximate surface area is 299 Å². The molecule has 0 atom stereocenters. The fourth-order valence-electron chi connectivity index (χ4n) is 8.07. The molecule has 0 fully saturated rings. The van der Waals surface area contributed by atoms with Crippen molar-refractivity contribution >= 4 is 82.7 Å². The summed E-state index contributed by atoms with van der Waals surface area (Å²) in [6.07, 6.45) is 0. The molecule has 0 spiro atoms. The lowest BCUT2D eigenvalue weighted by Gasteiger charge is -2.25. The Kier molecular flexibility index (Phi) is 6.22. The molecule has 3 aromatic heterocycles. The van der Waals surface area contributed by atoms with E-state index < -0.39 is 0 Å². The van der Waals surface area contributed by atoms with E-state index >= 15 is 0 Å². The van der Waals surface area contributed by atoms with E-state index in [4.69, 9.17) is 8.83 Å². The lowest BCUT2D eigenvalue weighted by molar-refractivity contribution is 0.669. The maximum atomic E-state index is 6.74. The van der Waals surface area contributed by atoms with E-state index in [2.05, 4.69) is 173 Å². The second kappa shape index (κ2) is 11.2. The molecule has 0 radical (unpaired) electrons. The maximum absolute atomic E-state index is 6.74. The molecule has 8 aromatic carbocycles. The van der Waals surface area contributed by atoms with Crippen LogP contribution in [0, 0.1) is 0 Å². The Hall–Kier alpha value is -7.04. The minimum atomic E-state index is 0.883. The lowest BCUT2D eigenvalue weighted by atomic mass is 9.97. The number of hydrogen-bond donors (Lipinski definition) is 0. The van der Waals surface area contributed by atoms with Crippen LogP contribution in [0.5, 0.6) is 0 Å². The van der Waals surface area contributed by atoms with Gasteiger partial charge in [0.05, 0.1) is 16.4 Å². The van der Waals surface area contributed by atoms with Crippen LogP contribution in [-0.4, -0.2) is 4.57 Å². The number of hydrogen-bond acceptors (Lipinski definition) is 3. The monoisotopic (exact) mass is 666 g/mol. The number of benzene rings is 8. The van der Waals surface area contributed by atoms with E-state index in [1.54, 1.807) is 0 Å². The highest BCUT2D eigenvalue weighted by atomic mass is 16.3. The van der Waals surface area contributed by atoms with Crippen LogP contribution < -0.4 is 4.90 Å². The van der Waals surface area contributed by atoms with E-state index in [0.717, 1.165) is 99.6 Å². The Balaban J connectivity index is 1.20. The highest BCUT2D eigenvalue weighted by Gasteiger charge is 2.23. The van der Waals surface area contributed by atoms with Crippen LogP contribution in [0.15, 0.2) is 191 Å². The standard InChI is InChI=1S/C48H30N2O2/c1-3-13-32(14-4-1)49(33-15-5-2-6-16-33)34-24-26-35(27-25-34)50-42-20-10-7-19-38(42)46-47(50)39(30-41-37-18-9-12-22-44(37)52-48(41)46)31-23-28-45-40(29-31)36-17-8-11-21-43(36)51-45/h1-30H. The molecule has 0 amide bonds. The molecule has 0 aliphatic rings. The molecule has 0 aliphatic carbocycles. The summed E-state index contributed by atoms with van der Waals surface area (Å²) in [6, 6.07) is 64.2. The van der Waals surface area contributed by atoms with Crippen LogP contribution in [0.25, 0.3) is 82.5 Å². The molecule has 4 nitrogen and oxygen atoms in total. The average Bonchev–Trinajstić information content (AvgIpc) is 3.88. The van der Waals surface area contributed by atoms with Gasteiger partial charge in [-0.05, 0) is 90.5 Å². The fourth-order valence-corrected chi connectivity index (χ4v) is 8.07. The van der Waals surface area contributed by atoms with Gasteiger partial charge in [-0.2, -0.15) is 0 Å². The molecule has 52 heavy (non-hydrogen) atoms. The molecular weight excluding hydrogens is 637 g/mol. The topological polar surface area (TPSA) is 34.5 Å². The van der Waals surface area contributed by atoms with Crippen molar-refractivity contribution in [3.8, 4) is 16.8 Å². The van der Waals surface area contributed by atoms with Crippen molar-refractivity contribution in [2.45, 2.75) is 0 Å². The van der Waals surface area contributed by atoms with Gasteiger partial charge in [0.2, 0.25) is 0 Å². The quantitative estimate of drug-likeness (QED) is 0.183. The first-order valence-electron chi connectivity index (χ1n) is 17.6. The van der Waals surface area contributed by atoms with Crippen molar-refractivity contribution in [1.29, 1.82) is 0 Å². The van der Waals surface area contributed by atoms with Gasteiger partial charge in [0.15, 0.2) is 0 Å².